The first-order valence-electron chi connectivity index (χ1n) is 6.63. The van der Waals surface area contributed by atoms with E-state index in [0.29, 0.717) is 5.89 Å². The van der Waals surface area contributed by atoms with E-state index in [-0.39, 0.29) is 17.8 Å². The third-order valence-electron chi connectivity index (χ3n) is 3.58. The lowest BCUT2D eigenvalue weighted by molar-refractivity contribution is 0.340. The van der Waals surface area contributed by atoms with Crippen molar-refractivity contribution >= 4 is 9.84 Å². The third-order valence-corrected chi connectivity index (χ3v) is 5.07. The summed E-state index contributed by atoms with van der Waals surface area (Å²) in [5.74, 6) is 0.303. The minimum absolute atomic E-state index is 0.166. The zero-order chi connectivity index (χ0) is 15.6. The van der Waals surface area contributed by atoms with E-state index in [2.05, 4.69) is 10.1 Å². The smallest absolute Gasteiger partial charge is 0.231 e. The molecule has 6 nitrogen and oxygen atoms in total. The highest BCUT2D eigenvalue weighted by Gasteiger charge is 2.27. The van der Waals surface area contributed by atoms with Crippen LogP contribution in [0.1, 0.15) is 48.3 Å². The van der Waals surface area contributed by atoms with Gasteiger partial charge in [-0.1, -0.05) is 42.4 Å². The third kappa shape index (κ3) is 3.48. The first-order chi connectivity index (χ1) is 9.80. The molecule has 0 amide bonds. The van der Waals surface area contributed by atoms with E-state index in [1.807, 2.05) is 37.3 Å². The zero-order valence-corrected chi connectivity index (χ0v) is 13.0. The van der Waals surface area contributed by atoms with Crippen molar-refractivity contribution in [3.63, 3.8) is 0 Å². The lowest BCUT2D eigenvalue weighted by Gasteiger charge is -2.16. The van der Waals surface area contributed by atoms with E-state index in [9.17, 15) is 8.42 Å². The lowest BCUT2D eigenvalue weighted by atomic mass is 9.95. The van der Waals surface area contributed by atoms with Gasteiger partial charge in [0, 0.05) is 12.3 Å². The first-order valence-corrected chi connectivity index (χ1v) is 8.59. The average Bonchev–Trinajstić information content (AvgIpc) is 2.94. The van der Waals surface area contributed by atoms with E-state index in [1.54, 1.807) is 0 Å². The number of benzene rings is 1. The molecule has 1 aromatic carbocycles. The summed E-state index contributed by atoms with van der Waals surface area (Å²) in [6.45, 7) is 3.41. The SMILES string of the molecule is CC(c1nc(C(C)S(C)(=O)=O)no1)C(N)c1ccccc1. The number of sulfone groups is 1. The second-order valence-corrected chi connectivity index (χ2v) is 7.55. The fraction of sp³-hybridized carbons (Fsp3) is 0.429. The molecule has 0 radical (unpaired) electrons. The van der Waals surface area contributed by atoms with Crippen molar-refractivity contribution < 1.29 is 12.9 Å². The summed E-state index contributed by atoms with van der Waals surface area (Å²) in [6.07, 6.45) is 1.15. The molecular weight excluding hydrogens is 290 g/mol. The van der Waals surface area contributed by atoms with E-state index >= 15 is 0 Å². The molecule has 0 aliphatic carbocycles. The summed E-state index contributed by atoms with van der Waals surface area (Å²) >= 11 is 0. The summed E-state index contributed by atoms with van der Waals surface area (Å²) < 4.78 is 28.2. The molecule has 114 valence electrons. The minimum atomic E-state index is -3.26. The fourth-order valence-corrected chi connectivity index (χ4v) is 2.39. The summed E-state index contributed by atoms with van der Waals surface area (Å²) in [4.78, 5) is 4.19. The Morgan fingerprint density at radius 1 is 1.19 bits per heavy atom. The Hall–Kier alpha value is -1.73. The monoisotopic (exact) mass is 309 g/mol. The maximum absolute atomic E-state index is 11.5. The summed E-state index contributed by atoms with van der Waals surface area (Å²) in [5, 5.41) is 2.96. The van der Waals surface area contributed by atoms with Crippen molar-refractivity contribution in [2.45, 2.75) is 31.1 Å². The number of rotatable bonds is 5. The van der Waals surface area contributed by atoms with Gasteiger partial charge in [-0.25, -0.2) is 8.42 Å². The Bertz CT molecular complexity index is 697. The van der Waals surface area contributed by atoms with Gasteiger partial charge in [0.05, 0.1) is 5.92 Å². The Balaban J connectivity index is 2.21. The highest BCUT2D eigenvalue weighted by Crippen LogP contribution is 2.28. The molecule has 1 heterocycles. The molecule has 21 heavy (non-hydrogen) atoms. The molecule has 2 aromatic rings. The second kappa shape index (κ2) is 5.95. The molecule has 2 rings (SSSR count). The van der Waals surface area contributed by atoms with Crippen LogP contribution in [0.3, 0.4) is 0 Å². The largest absolute Gasteiger partial charge is 0.339 e. The average molecular weight is 309 g/mol. The molecule has 0 saturated carbocycles. The zero-order valence-electron chi connectivity index (χ0n) is 12.2. The van der Waals surface area contributed by atoms with Gasteiger partial charge >= 0.3 is 0 Å². The Morgan fingerprint density at radius 2 is 1.81 bits per heavy atom. The highest BCUT2D eigenvalue weighted by atomic mass is 32.2. The van der Waals surface area contributed by atoms with Gasteiger partial charge in [-0.05, 0) is 12.5 Å². The Labute approximate surface area is 124 Å². The predicted molar refractivity (Wildman–Crippen MR) is 79.3 cm³/mol. The molecule has 0 aliphatic heterocycles. The number of nitrogens with two attached hydrogens (primary N) is 1. The molecule has 2 N–H and O–H groups in total. The van der Waals surface area contributed by atoms with Crippen molar-refractivity contribution in [2.24, 2.45) is 5.73 Å². The number of hydrogen-bond acceptors (Lipinski definition) is 6. The quantitative estimate of drug-likeness (QED) is 0.906. The van der Waals surface area contributed by atoms with Gasteiger partial charge in [0.1, 0.15) is 5.25 Å². The predicted octanol–water partition coefficient (Wildman–Crippen LogP) is 1.98. The molecule has 1 aromatic heterocycles. The molecule has 3 atom stereocenters. The molecule has 7 heteroatoms. The van der Waals surface area contributed by atoms with Crippen LogP contribution in [-0.4, -0.2) is 24.8 Å². The van der Waals surface area contributed by atoms with Gasteiger partial charge in [0.15, 0.2) is 15.7 Å². The first kappa shape index (κ1) is 15.7. The van der Waals surface area contributed by atoms with E-state index in [1.165, 1.54) is 6.92 Å². The summed E-state index contributed by atoms with van der Waals surface area (Å²) in [6, 6.07) is 9.29. The number of nitrogens with zero attached hydrogens (tertiary/aromatic N) is 2. The standard InChI is InChI=1S/C14H19N3O3S/c1-9(12(15)11-7-5-4-6-8-11)14-16-13(17-20-14)10(2)21(3,18)19/h4-10,12H,15H2,1-3H3. The Kier molecular flexibility index (Phi) is 4.43. The van der Waals surface area contributed by atoms with E-state index in [4.69, 9.17) is 10.3 Å². The van der Waals surface area contributed by atoms with Crippen LogP contribution in [0.4, 0.5) is 0 Å². The van der Waals surface area contributed by atoms with Crippen molar-refractivity contribution in [2.75, 3.05) is 6.26 Å². The van der Waals surface area contributed by atoms with E-state index in [0.717, 1.165) is 11.8 Å². The second-order valence-electron chi connectivity index (χ2n) is 5.19. The molecule has 0 spiro atoms. The maximum atomic E-state index is 11.5. The van der Waals surface area contributed by atoms with Gasteiger partial charge in [0.2, 0.25) is 5.89 Å². The van der Waals surface area contributed by atoms with Crippen molar-refractivity contribution in [1.29, 1.82) is 0 Å². The molecule has 3 unspecified atom stereocenters. The Morgan fingerprint density at radius 3 is 2.38 bits per heavy atom. The molecule has 0 bridgehead atoms. The van der Waals surface area contributed by atoms with Crippen LogP contribution in [0.25, 0.3) is 0 Å². The van der Waals surface area contributed by atoms with E-state index < -0.39 is 15.1 Å². The van der Waals surface area contributed by atoms with Crippen LogP contribution in [0.2, 0.25) is 0 Å². The number of aromatic nitrogens is 2. The summed E-state index contributed by atoms with van der Waals surface area (Å²) in [7, 11) is -3.26. The van der Waals surface area contributed by atoms with Crippen molar-refractivity contribution in [3.05, 3.63) is 47.6 Å². The molecule has 0 fully saturated rings. The van der Waals surface area contributed by atoms with Gasteiger partial charge in [0.25, 0.3) is 0 Å². The molecule has 0 aliphatic rings. The van der Waals surface area contributed by atoms with Crippen LogP contribution >= 0.6 is 0 Å². The van der Waals surface area contributed by atoms with Gasteiger partial charge in [-0.3, -0.25) is 0 Å². The normalized spacial score (nSPS) is 16.4. The van der Waals surface area contributed by atoms with Crippen LogP contribution in [0.5, 0.6) is 0 Å². The van der Waals surface area contributed by atoms with Crippen LogP contribution < -0.4 is 5.73 Å². The van der Waals surface area contributed by atoms with Gasteiger partial charge in [-0.2, -0.15) is 4.98 Å². The van der Waals surface area contributed by atoms with Gasteiger partial charge < -0.3 is 10.3 Å². The molecule has 0 saturated heterocycles. The van der Waals surface area contributed by atoms with Crippen LogP contribution in [0.15, 0.2) is 34.9 Å². The maximum Gasteiger partial charge on any atom is 0.231 e. The number of hydrogen-bond donors (Lipinski definition) is 1. The van der Waals surface area contributed by atoms with Crippen LogP contribution in [0, 0.1) is 0 Å². The lowest BCUT2D eigenvalue weighted by Crippen LogP contribution is -2.18. The van der Waals surface area contributed by atoms with Crippen LogP contribution in [-0.2, 0) is 9.84 Å². The highest BCUT2D eigenvalue weighted by molar-refractivity contribution is 7.90. The topological polar surface area (TPSA) is 99.1 Å². The summed E-state index contributed by atoms with van der Waals surface area (Å²) in [5.41, 5.74) is 7.15. The molecular formula is C14H19N3O3S. The van der Waals surface area contributed by atoms with Crippen molar-refractivity contribution in [3.8, 4) is 0 Å². The van der Waals surface area contributed by atoms with Gasteiger partial charge in [-0.15, -0.1) is 0 Å². The minimum Gasteiger partial charge on any atom is -0.339 e. The van der Waals surface area contributed by atoms with Crippen molar-refractivity contribution in [1.82, 2.24) is 10.1 Å². The fourth-order valence-electron chi connectivity index (χ4n) is 1.91.